The van der Waals surface area contributed by atoms with Crippen LogP contribution in [0.2, 0.25) is 16.6 Å². The van der Waals surface area contributed by atoms with E-state index in [9.17, 15) is 5.11 Å². The van der Waals surface area contributed by atoms with Gasteiger partial charge in [0.05, 0.1) is 12.7 Å². The van der Waals surface area contributed by atoms with Crippen molar-refractivity contribution in [3.63, 3.8) is 0 Å². The summed E-state index contributed by atoms with van der Waals surface area (Å²) in [6, 6.07) is 0. The van der Waals surface area contributed by atoms with Crippen LogP contribution in [-0.4, -0.2) is 26.1 Å². The van der Waals surface area contributed by atoms with Crippen LogP contribution in [0.25, 0.3) is 0 Å². The van der Waals surface area contributed by atoms with E-state index in [0.29, 0.717) is 23.2 Å². The van der Waals surface area contributed by atoms with Gasteiger partial charge in [-0.05, 0) is 23.5 Å². The topological polar surface area (TPSA) is 29.5 Å². The molecule has 0 unspecified atom stereocenters. The number of aliphatic hydroxyl groups is 1. The summed E-state index contributed by atoms with van der Waals surface area (Å²) in [6.45, 7) is 18.1. The Morgan fingerprint density at radius 2 is 1.37 bits per heavy atom. The molecule has 0 aromatic heterocycles. The van der Waals surface area contributed by atoms with Crippen molar-refractivity contribution < 1.29 is 9.53 Å². The van der Waals surface area contributed by atoms with Crippen LogP contribution in [0.15, 0.2) is 12.2 Å². The van der Waals surface area contributed by atoms with Gasteiger partial charge in [0.25, 0.3) is 0 Å². The van der Waals surface area contributed by atoms with Crippen molar-refractivity contribution in [2.45, 2.75) is 78.1 Å². The van der Waals surface area contributed by atoms with Crippen LogP contribution in [0, 0.1) is 5.92 Å². The minimum absolute atomic E-state index is 0.156. The highest BCUT2D eigenvalue weighted by atomic mass is 28.4. The molecule has 114 valence electrons. The third-order valence-corrected chi connectivity index (χ3v) is 10.4. The van der Waals surface area contributed by atoms with E-state index in [0.717, 1.165) is 0 Å². The molecule has 0 aliphatic carbocycles. The summed E-state index contributed by atoms with van der Waals surface area (Å²) >= 11 is 0. The highest BCUT2D eigenvalue weighted by Crippen LogP contribution is 2.42. The molecule has 0 aliphatic rings. The summed E-state index contributed by atoms with van der Waals surface area (Å²) in [5, 5.41) is 10.2. The van der Waals surface area contributed by atoms with E-state index >= 15 is 0 Å². The molecule has 0 heterocycles. The van der Waals surface area contributed by atoms with E-state index in [-0.39, 0.29) is 5.92 Å². The van der Waals surface area contributed by atoms with Crippen LogP contribution < -0.4 is 0 Å². The summed E-state index contributed by atoms with van der Waals surface area (Å²) in [5.41, 5.74) is 1.70. The minimum Gasteiger partial charge on any atom is -0.413 e. The van der Waals surface area contributed by atoms with E-state index < -0.39 is 14.4 Å². The second-order valence-electron chi connectivity index (χ2n) is 6.58. The molecular weight excluding hydrogens is 252 g/mol. The molecule has 0 rings (SSSR count). The molecule has 0 spiro atoms. The van der Waals surface area contributed by atoms with Crippen LogP contribution in [0.5, 0.6) is 0 Å². The smallest absolute Gasteiger partial charge is 0.200 e. The highest BCUT2D eigenvalue weighted by Gasteiger charge is 2.45. The van der Waals surface area contributed by atoms with Crippen molar-refractivity contribution in [2.24, 2.45) is 5.92 Å². The fourth-order valence-electron chi connectivity index (χ4n) is 3.31. The molecule has 0 aliphatic heterocycles. The van der Waals surface area contributed by atoms with E-state index in [1.54, 1.807) is 0 Å². The molecule has 3 heteroatoms. The minimum atomic E-state index is -1.84. The van der Waals surface area contributed by atoms with Crippen molar-refractivity contribution >= 4 is 8.32 Å². The van der Waals surface area contributed by atoms with E-state index in [2.05, 4.69) is 41.5 Å². The van der Waals surface area contributed by atoms with Gasteiger partial charge in [0.1, 0.15) is 0 Å². The molecule has 1 N–H and O–H groups in total. The quantitative estimate of drug-likeness (QED) is 0.515. The number of allylic oxidation sites excluding steroid dienone is 1. The van der Waals surface area contributed by atoms with Gasteiger partial charge in [-0.3, -0.25) is 0 Å². The average molecular weight is 287 g/mol. The summed E-state index contributed by atoms with van der Waals surface area (Å²) < 4.78 is 6.40. The monoisotopic (exact) mass is 286 g/mol. The first-order chi connectivity index (χ1) is 8.70. The lowest BCUT2D eigenvalue weighted by atomic mass is 10.1. The Balaban J connectivity index is 4.86. The summed E-state index contributed by atoms with van der Waals surface area (Å²) in [5.74, 6) is 0.156. The van der Waals surface area contributed by atoms with E-state index in [4.69, 9.17) is 4.43 Å². The zero-order valence-electron chi connectivity index (χ0n) is 14.1. The third kappa shape index (κ3) is 4.73. The predicted molar refractivity (Wildman–Crippen MR) is 87.0 cm³/mol. The fraction of sp³-hybridized carbons (Fsp3) is 0.875. The Morgan fingerprint density at radius 3 is 1.68 bits per heavy atom. The van der Waals surface area contributed by atoms with Crippen molar-refractivity contribution in [3.05, 3.63) is 12.2 Å². The van der Waals surface area contributed by atoms with Gasteiger partial charge in [0.2, 0.25) is 0 Å². The number of rotatable bonds is 8. The largest absolute Gasteiger partial charge is 0.413 e. The first-order valence-corrected chi connectivity index (χ1v) is 9.78. The van der Waals surface area contributed by atoms with Gasteiger partial charge >= 0.3 is 0 Å². The van der Waals surface area contributed by atoms with Gasteiger partial charge in [-0.15, -0.1) is 0 Å². The predicted octanol–water partition coefficient (Wildman–Crippen LogP) is 4.75. The normalized spacial score (nSPS) is 16.8. The third-order valence-electron chi connectivity index (χ3n) is 4.31. The lowest BCUT2D eigenvalue weighted by Gasteiger charge is -2.42. The maximum absolute atomic E-state index is 10.2. The van der Waals surface area contributed by atoms with Crippen LogP contribution >= 0.6 is 0 Å². The summed E-state index contributed by atoms with van der Waals surface area (Å²) in [7, 11) is -1.84. The number of hydrogen-bond donors (Lipinski definition) is 1. The number of aliphatic hydroxyl groups excluding tert-OH is 1. The summed E-state index contributed by atoms with van der Waals surface area (Å²) in [6.07, 6.45) is 3.63. The maximum atomic E-state index is 10.2. The Bertz CT molecular complexity index is 250. The lowest BCUT2D eigenvalue weighted by molar-refractivity contribution is 0.0710. The van der Waals surface area contributed by atoms with E-state index in [1.807, 2.05) is 26.0 Å². The van der Waals surface area contributed by atoms with Crippen LogP contribution in [-0.2, 0) is 4.43 Å². The number of hydrogen-bond acceptors (Lipinski definition) is 2. The molecule has 2 nitrogen and oxygen atoms in total. The van der Waals surface area contributed by atoms with Crippen molar-refractivity contribution in [2.75, 3.05) is 6.61 Å². The average Bonchev–Trinajstić information content (AvgIpc) is 2.28. The van der Waals surface area contributed by atoms with Crippen molar-refractivity contribution in [3.8, 4) is 0 Å². The molecule has 0 saturated carbocycles. The van der Waals surface area contributed by atoms with Gasteiger partial charge in [-0.2, -0.15) is 0 Å². The molecule has 2 atom stereocenters. The van der Waals surface area contributed by atoms with E-state index in [1.165, 1.54) is 0 Å². The van der Waals surface area contributed by atoms with Crippen molar-refractivity contribution in [1.29, 1.82) is 0 Å². The first kappa shape index (κ1) is 18.9. The molecule has 0 amide bonds. The Morgan fingerprint density at radius 1 is 0.947 bits per heavy atom. The molecule has 19 heavy (non-hydrogen) atoms. The Labute approximate surface area is 121 Å². The van der Waals surface area contributed by atoms with Gasteiger partial charge in [-0.25, -0.2) is 0 Å². The second kappa shape index (κ2) is 8.23. The maximum Gasteiger partial charge on any atom is 0.200 e. The standard InChI is InChI=1S/C16H34O2Si/c1-9-10-15(8)16(17)11-18-19(12(2)3,13(4)5)14(6)7/h9-10,12-17H,11H2,1-8H3/b10-9+/t15-,16-/m0/s1. The second-order valence-corrected chi connectivity index (χ2v) is 12.0. The summed E-state index contributed by atoms with van der Waals surface area (Å²) in [4.78, 5) is 0. The van der Waals surface area contributed by atoms with Gasteiger partial charge in [0.15, 0.2) is 8.32 Å². The molecule has 0 saturated heterocycles. The Hall–Kier alpha value is -0.123. The fourth-order valence-corrected chi connectivity index (χ4v) is 8.77. The van der Waals surface area contributed by atoms with Gasteiger partial charge < -0.3 is 9.53 Å². The zero-order valence-corrected chi connectivity index (χ0v) is 15.1. The van der Waals surface area contributed by atoms with Crippen LogP contribution in [0.1, 0.15) is 55.4 Å². The Kier molecular flexibility index (Phi) is 8.17. The lowest BCUT2D eigenvalue weighted by Crippen LogP contribution is -2.49. The first-order valence-electron chi connectivity index (χ1n) is 7.64. The molecule has 0 fully saturated rings. The van der Waals surface area contributed by atoms with Gasteiger partial charge in [0, 0.05) is 5.92 Å². The van der Waals surface area contributed by atoms with Gasteiger partial charge in [-0.1, -0.05) is 60.6 Å². The molecule has 0 bridgehead atoms. The zero-order chi connectivity index (χ0) is 15.2. The van der Waals surface area contributed by atoms with Crippen molar-refractivity contribution in [1.82, 2.24) is 0 Å². The molecular formula is C16H34O2Si. The molecule has 0 aromatic carbocycles. The molecule has 0 radical (unpaired) electrons. The SMILES string of the molecule is C/C=C/[C@H](C)[C@@H](O)CO[Si](C(C)C)(C(C)C)C(C)C. The van der Waals surface area contributed by atoms with Crippen LogP contribution in [0.3, 0.4) is 0 Å². The highest BCUT2D eigenvalue weighted by molar-refractivity contribution is 6.77. The van der Waals surface area contributed by atoms with Crippen LogP contribution in [0.4, 0.5) is 0 Å². The molecule has 0 aromatic rings.